The summed E-state index contributed by atoms with van der Waals surface area (Å²) in [5.74, 6) is -0.402. The Morgan fingerprint density at radius 3 is 2.76 bits per heavy atom. The molecule has 0 saturated carbocycles. The molecular formula is C13H20N2O2. The molecule has 0 heterocycles. The van der Waals surface area contributed by atoms with E-state index < -0.39 is 5.91 Å². The molecule has 0 aliphatic carbocycles. The number of hydrogen-bond donors (Lipinski definition) is 3. The van der Waals surface area contributed by atoms with Crippen molar-refractivity contribution >= 4 is 5.91 Å². The Morgan fingerprint density at radius 2 is 2.24 bits per heavy atom. The van der Waals surface area contributed by atoms with Crippen LogP contribution in [0.25, 0.3) is 0 Å². The third kappa shape index (κ3) is 4.17. The van der Waals surface area contributed by atoms with Crippen molar-refractivity contribution in [2.75, 3.05) is 6.61 Å². The maximum atomic E-state index is 11.0. The number of rotatable bonds is 6. The van der Waals surface area contributed by atoms with Gasteiger partial charge in [-0.05, 0) is 43.5 Å². The first-order valence-corrected chi connectivity index (χ1v) is 5.78. The van der Waals surface area contributed by atoms with Crippen molar-refractivity contribution in [3.8, 4) is 0 Å². The first-order valence-electron chi connectivity index (χ1n) is 5.78. The van der Waals surface area contributed by atoms with Crippen LogP contribution in [0, 0.1) is 6.92 Å². The third-order valence-corrected chi connectivity index (χ3v) is 2.83. The summed E-state index contributed by atoms with van der Waals surface area (Å²) in [6, 6.07) is 5.72. The summed E-state index contributed by atoms with van der Waals surface area (Å²) in [6.07, 6.45) is 0.735. The highest BCUT2D eigenvalue weighted by atomic mass is 16.3. The van der Waals surface area contributed by atoms with Crippen molar-refractivity contribution < 1.29 is 9.90 Å². The molecule has 0 aliphatic rings. The SMILES string of the molecule is Cc1cc(C(N)=O)ccc1CNC(C)CCO. The molecule has 94 valence electrons. The molecule has 1 atom stereocenters. The number of aliphatic hydroxyl groups excluding tert-OH is 1. The summed E-state index contributed by atoms with van der Waals surface area (Å²) < 4.78 is 0. The Labute approximate surface area is 102 Å². The second kappa shape index (κ2) is 6.37. The highest BCUT2D eigenvalue weighted by Gasteiger charge is 2.05. The lowest BCUT2D eigenvalue weighted by molar-refractivity contribution is 0.1000. The van der Waals surface area contributed by atoms with Crippen LogP contribution >= 0.6 is 0 Å². The van der Waals surface area contributed by atoms with Crippen LogP contribution in [0.15, 0.2) is 18.2 Å². The average Bonchev–Trinajstić information content (AvgIpc) is 2.27. The number of benzene rings is 1. The number of carbonyl (C=O) groups excluding carboxylic acids is 1. The van der Waals surface area contributed by atoms with Gasteiger partial charge in [0.1, 0.15) is 0 Å². The molecule has 0 aliphatic heterocycles. The van der Waals surface area contributed by atoms with E-state index in [1.807, 2.05) is 19.9 Å². The fourth-order valence-electron chi connectivity index (χ4n) is 1.63. The summed E-state index contributed by atoms with van der Waals surface area (Å²) in [6.45, 7) is 4.91. The van der Waals surface area contributed by atoms with Gasteiger partial charge in [0.2, 0.25) is 5.91 Å². The van der Waals surface area contributed by atoms with Crippen molar-refractivity contribution in [2.24, 2.45) is 5.73 Å². The van der Waals surface area contributed by atoms with Gasteiger partial charge in [-0.1, -0.05) is 6.07 Å². The Balaban J connectivity index is 2.63. The Kier molecular flexibility index (Phi) is 5.12. The predicted octanol–water partition coefficient (Wildman–Crippen LogP) is 0.954. The number of nitrogens with two attached hydrogens (primary N) is 1. The first-order chi connectivity index (χ1) is 8.04. The van der Waals surface area contributed by atoms with Crippen LogP contribution < -0.4 is 11.1 Å². The lowest BCUT2D eigenvalue weighted by Gasteiger charge is -2.14. The second-order valence-electron chi connectivity index (χ2n) is 4.30. The Hall–Kier alpha value is -1.39. The summed E-state index contributed by atoms with van der Waals surface area (Å²) >= 11 is 0. The average molecular weight is 236 g/mol. The van der Waals surface area contributed by atoms with Crippen LogP contribution in [0.5, 0.6) is 0 Å². The minimum absolute atomic E-state index is 0.188. The van der Waals surface area contributed by atoms with Gasteiger partial charge in [0.25, 0.3) is 0 Å². The fraction of sp³-hybridized carbons (Fsp3) is 0.462. The highest BCUT2D eigenvalue weighted by molar-refractivity contribution is 5.93. The lowest BCUT2D eigenvalue weighted by Crippen LogP contribution is -2.26. The van der Waals surface area contributed by atoms with Crippen molar-refractivity contribution in [3.63, 3.8) is 0 Å². The third-order valence-electron chi connectivity index (χ3n) is 2.83. The smallest absolute Gasteiger partial charge is 0.248 e. The van der Waals surface area contributed by atoms with E-state index in [-0.39, 0.29) is 12.6 Å². The zero-order valence-electron chi connectivity index (χ0n) is 10.4. The minimum Gasteiger partial charge on any atom is -0.396 e. The number of amides is 1. The van der Waals surface area contributed by atoms with Gasteiger partial charge in [-0.3, -0.25) is 4.79 Å². The summed E-state index contributed by atoms with van der Waals surface area (Å²) in [5.41, 5.74) is 7.93. The lowest BCUT2D eigenvalue weighted by atomic mass is 10.0. The van der Waals surface area contributed by atoms with Crippen LogP contribution in [0.1, 0.15) is 34.8 Å². The number of carbonyl (C=O) groups is 1. The van der Waals surface area contributed by atoms with Gasteiger partial charge in [-0.15, -0.1) is 0 Å². The minimum atomic E-state index is -0.402. The van der Waals surface area contributed by atoms with E-state index in [2.05, 4.69) is 5.32 Å². The number of aliphatic hydroxyl groups is 1. The van der Waals surface area contributed by atoms with Gasteiger partial charge in [-0.2, -0.15) is 0 Å². The number of hydrogen-bond acceptors (Lipinski definition) is 3. The fourth-order valence-corrected chi connectivity index (χ4v) is 1.63. The molecule has 0 spiro atoms. The van der Waals surface area contributed by atoms with Crippen LogP contribution in [-0.4, -0.2) is 23.7 Å². The number of nitrogens with one attached hydrogen (secondary N) is 1. The molecule has 4 nitrogen and oxygen atoms in total. The quantitative estimate of drug-likeness (QED) is 0.688. The molecule has 4 N–H and O–H groups in total. The standard InChI is InChI=1S/C13H20N2O2/c1-9-7-11(13(14)17)3-4-12(9)8-15-10(2)5-6-16/h3-4,7,10,15-16H,5-6,8H2,1-2H3,(H2,14,17). The van der Waals surface area contributed by atoms with E-state index in [1.165, 1.54) is 0 Å². The summed E-state index contributed by atoms with van der Waals surface area (Å²) in [5, 5.41) is 12.1. The van der Waals surface area contributed by atoms with Crippen molar-refractivity contribution in [1.29, 1.82) is 0 Å². The Bertz CT molecular complexity index is 391. The molecule has 0 bridgehead atoms. The molecule has 1 amide bonds. The molecule has 4 heteroatoms. The van der Waals surface area contributed by atoms with E-state index >= 15 is 0 Å². The molecule has 1 unspecified atom stereocenters. The predicted molar refractivity (Wildman–Crippen MR) is 67.7 cm³/mol. The molecule has 0 saturated heterocycles. The highest BCUT2D eigenvalue weighted by Crippen LogP contribution is 2.11. The van der Waals surface area contributed by atoms with Crippen LogP contribution in [-0.2, 0) is 6.54 Å². The molecule has 1 aromatic carbocycles. The summed E-state index contributed by atoms with van der Waals surface area (Å²) in [7, 11) is 0. The van der Waals surface area contributed by atoms with Gasteiger partial charge in [0, 0.05) is 24.8 Å². The van der Waals surface area contributed by atoms with E-state index in [1.54, 1.807) is 12.1 Å². The van der Waals surface area contributed by atoms with Crippen molar-refractivity contribution in [1.82, 2.24) is 5.32 Å². The van der Waals surface area contributed by atoms with Gasteiger partial charge in [0.15, 0.2) is 0 Å². The van der Waals surface area contributed by atoms with Crippen molar-refractivity contribution in [3.05, 3.63) is 34.9 Å². The van der Waals surface area contributed by atoms with Crippen LogP contribution in [0.4, 0.5) is 0 Å². The van der Waals surface area contributed by atoms with E-state index in [0.29, 0.717) is 5.56 Å². The normalized spacial score (nSPS) is 12.4. The van der Waals surface area contributed by atoms with Gasteiger partial charge in [-0.25, -0.2) is 0 Å². The van der Waals surface area contributed by atoms with Gasteiger partial charge >= 0.3 is 0 Å². The number of primary amides is 1. The molecule has 1 rings (SSSR count). The summed E-state index contributed by atoms with van der Waals surface area (Å²) in [4.78, 5) is 11.0. The molecule has 0 fully saturated rings. The van der Waals surface area contributed by atoms with Crippen LogP contribution in [0.2, 0.25) is 0 Å². The molecule has 0 radical (unpaired) electrons. The van der Waals surface area contributed by atoms with E-state index in [4.69, 9.17) is 10.8 Å². The maximum absolute atomic E-state index is 11.0. The van der Waals surface area contributed by atoms with E-state index in [9.17, 15) is 4.79 Å². The number of aryl methyl sites for hydroxylation is 1. The largest absolute Gasteiger partial charge is 0.396 e. The second-order valence-corrected chi connectivity index (χ2v) is 4.30. The monoisotopic (exact) mass is 236 g/mol. The van der Waals surface area contributed by atoms with Crippen molar-refractivity contribution in [2.45, 2.75) is 32.9 Å². The molecule has 0 aromatic heterocycles. The zero-order chi connectivity index (χ0) is 12.8. The Morgan fingerprint density at radius 1 is 1.53 bits per heavy atom. The molecule has 1 aromatic rings. The van der Waals surface area contributed by atoms with Gasteiger partial charge in [0.05, 0.1) is 0 Å². The van der Waals surface area contributed by atoms with Crippen LogP contribution in [0.3, 0.4) is 0 Å². The molecule has 17 heavy (non-hydrogen) atoms. The molecular weight excluding hydrogens is 216 g/mol. The van der Waals surface area contributed by atoms with Gasteiger partial charge < -0.3 is 16.2 Å². The van der Waals surface area contributed by atoms with E-state index in [0.717, 1.165) is 24.1 Å². The zero-order valence-corrected chi connectivity index (χ0v) is 10.4. The topological polar surface area (TPSA) is 75.4 Å². The maximum Gasteiger partial charge on any atom is 0.248 e. The first kappa shape index (κ1) is 13.7.